The lowest BCUT2D eigenvalue weighted by Gasteiger charge is -2.34. The van der Waals surface area contributed by atoms with Crippen LogP contribution in [0.25, 0.3) is 0 Å². The number of thioether (sulfide) groups is 1. The van der Waals surface area contributed by atoms with Crippen molar-refractivity contribution < 1.29 is 4.79 Å². The Balaban J connectivity index is 1.72. The second kappa shape index (κ2) is 9.18. The minimum atomic E-state index is -0.0525. The molecule has 23 heavy (non-hydrogen) atoms. The number of nitrogens with zero attached hydrogens (tertiary/aromatic N) is 1. The molecular formula is C18H29N3OS. The molecule has 1 aromatic rings. The van der Waals surface area contributed by atoms with Gasteiger partial charge in [0.05, 0.1) is 0 Å². The fraction of sp³-hybridized carbons (Fsp3) is 0.611. The summed E-state index contributed by atoms with van der Waals surface area (Å²) < 4.78 is 0. The van der Waals surface area contributed by atoms with Crippen molar-refractivity contribution in [2.45, 2.75) is 51.1 Å². The quantitative estimate of drug-likeness (QED) is 0.839. The van der Waals surface area contributed by atoms with Gasteiger partial charge >= 0.3 is 6.03 Å². The van der Waals surface area contributed by atoms with Crippen LogP contribution in [-0.4, -0.2) is 42.4 Å². The molecule has 1 aliphatic heterocycles. The first-order chi connectivity index (χ1) is 11.1. The van der Waals surface area contributed by atoms with Crippen molar-refractivity contribution in [2.75, 3.05) is 19.3 Å². The first-order valence-electron chi connectivity index (χ1n) is 8.43. The molecule has 2 N–H and O–H groups in total. The zero-order chi connectivity index (χ0) is 16.7. The first kappa shape index (κ1) is 18.1. The third kappa shape index (κ3) is 6.07. The second-order valence-electron chi connectivity index (χ2n) is 6.48. The van der Waals surface area contributed by atoms with Crippen molar-refractivity contribution in [3.05, 3.63) is 35.4 Å². The number of urea groups is 1. The van der Waals surface area contributed by atoms with Crippen LogP contribution < -0.4 is 10.6 Å². The molecule has 1 fully saturated rings. The highest BCUT2D eigenvalue weighted by Gasteiger charge is 2.21. The largest absolute Gasteiger partial charge is 0.335 e. The summed E-state index contributed by atoms with van der Waals surface area (Å²) in [5, 5.41) is 6.09. The molecule has 0 spiro atoms. The van der Waals surface area contributed by atoms with Crippen LogP contribution in [-0.2, 0) is 12.3 Å². The van der Waals surface area contributed by atoms with E-state index >= 15 is 0 Å². The number of likely N-dealkylation sites (tertiary alicyclic amines) is 1. The molecule has 0 atom stereocenters. The van der Waals surface area contributed by atoms with E-state index < -0.39 is 0 Å². The average Bonchev–Trinajstić information content (AvgIpc) is 2.54. The van der Waals surface area contributed by atoms with Gasteiger partial charge in [0.25, 0.3) is 0 Å². The first-order valence-corrected chi connectivity index (χ1v) is 9.83. The highest BCUT2D eigenvalue weighted by molar-refractivity contribution is 7.97. The molecule has 0 aliphatic carbocycles. The summed E-state index contributed by atoms with van der Waals surface area (Å²) in [5.41, 5.74) is 2.46. The van der Waals surface area contributed by atoms with E-state index in [2.05, 4.69) is 59.9 Å². The van der Waals surface area contributed by atoms with Crippen LogP contribution in [0.15, 0.2) is 24.3 Å². The number of piperidine rings is 1. The summed E-state index contributed by atoms with van der Waals surface area (Å²) >= 11 is 1.81. The highest BCUT2D eigenvalue weighted by atomic mass is 32.2. The van der Waals surface area contributed by atoms with Crippen molar-refractivity contribution in [1.82, 2.24) is 15.5 Å². The number of hydrogen-bond donors (Lipinski definition) is 2. The Hall–Kier alpha value is -1.20. The summed E-state index contributed by atoms with van der Waals surface area (Å²) in [6.45, 7) is 7.18. The zero-order valence-electron chi connectivity index (χ0n) is 14.5. The number of hydrogen-bond acceptors (Lipinski definition) is 3. The summed E-state index contributed by atoms with van der Waals surface area (Å²) in [6.07, 6.45) is 4.17. The maximum Gasteiger partial charge on any atom is 0.315 e. The molecule has 1 aliphatic rings. The molecule has 5 heteroatoms. The molecule has 0 aromatic heterocycles. The van der Waals surface area contributed by atoms with E-state index in [1.165, 1.54) is 5.56 Å². The normalized spacial score (nSPS) is 16.5. The van der Waals surface area contributed by atoms with Gasteiger partial charge in [-0.2, -0.15) is 11.8 Å². The van der Waals surface area contributed by atoms with Crippen molar-refractivity contribution in [3.63, 3.8) is 0 Å². The Bertz CT molecular complexity index is 499. The second-order valence-corrected chi connectivity index (χ2v) is 7.35. The molecule has 4 nitrogen and oxygen atoms in total. The highest BCUT2D eigenvalue weighted by Crippen LogP contribution is 2.13. The third-order valence-corrected chi connectivity index (χ3v) is 4.97. The maximum atomic E-state index is 12.1. The molecular weight excluding hydrogens is 306 g/mol. The van der Waals surface area contributed by atoms with Gasteiger partial charge in [0.1, 0.15) is 0 Å². The monoisotopic (exact) mass is 335 g/mol. The molecule has 0 bridgehead atoms. The summed E-state index contributed by atoms with van der Waals surface area (Å²) in [4.78, 5) is 14.5. The van der Waals surface area contributed by atoms with Crippen LogP contribution in [0.3, 0.4) is 0 Å². The van der Waals surface area contributed by atoms with Gasteiger partial charge in [-0.05, 0) is 44.1 Å². The van der Waals surface area contributed by atoms with Gasteiger partial charge in [-0.1, -0.05) is 24.3 Å². The Morgan fingerprint density at radius 1 is 1.30 bits per heavy atom. The molecule has 0 unspecified atom stereocenters. The summed E-state index contributed by atoms with van der Waals surface area (Å²) in [5.74, 6) is 1.01. The van der Waals surface area contributed by atoms with Crippen LogP contribution in [0.1, 0.15) is 37.8 Å². The fourth-order valence-electron chi connectivity index (χ4n) is 2.98. The SMILES string of the molecule is CSCc1cccc(CNC(=O)NC2CCN(C(C)C)CC2)c1. The van der Waals surface area contributed by atoms with E-state index in [0.717, 1.165) is 37.2 Å². The van der Waals surface area contributed by atoms with Crippen molar-refractivity contribution in [2.24, 2.45) is 0 Å². The smallest absolute Gasteiger partial charge is 0.315 e. The van der Waals surface area contributed by atoms with E-state index in [9.17, 15) is 4.79 Å². The van der Waals surface area contributed by atoms with Crippen LogP contribution >= 0.6 is 11.8 Å². The molecule has 0 saturated carbocycles. The minimum Gasteiger partial charge on any atom is -0.335 e. The predicted molar refractivity (Wildman–Crippen MR) is 98.8 cm³/mol. The van der Waals surface area contributed by atoms with E-state index in [4.69, 9.17) is 0 Å². The Kier molecular flexibility index (Phi) is 7.24. The number of benzene rings is 1. The van der Waals surface area contributed by atoms with Crippen LogP contribution in [0, 0.1) is 0 Å². The Morgan fingerprint density at radius 2 is 2.00 bits per heavy atom. The Morgan fingerprint density at radius 3 is 2.65 bits per heavy atom. The molecule has 1 saturated heterocycles. The predicted octanol–water partition coefficient (Wildman–Crippen LogP) is 3.22. The average molecular weight is 336 g/mol. The lowest BCUT2D eigenvalue weighted by Crippen LogP contribution is -2.49. The van der Waals surface area contributed by atoms with Gasteiger partial charge in [0, 0.05) is 37.5 Å². The van der Waals surface area contributed by atoms with Crippen molar-refractivity contribution in [1.29, 1.82) is 0 Å². The maximum absolute atomic E-state index is 12.1. The number of amides is 2. The van der Waals surface area contributed by atoms with Gasteiger partial charge in [-0.3, -0.25) is 0 Å². The van der Waals surface area contributed by atoms with Crippen molar-refractivity contribution >= 4 is 17.8 Å². The standard InChI is InChI=1S/C18H29N3OS/c1-14(2)21-9-7-17(8-10-21)20-18(22)19-12-15-5-4-6-16(11-15)13-23-3/h4-6,11,14,17H,7-10,12-13H2,1-3H3,(H2,19,20,22). The molecule has 1 heterocycles. The number of carbonyl (C=O) groups excluding carboxylic acids is 1. The van der Waals surface area contributed by atoms with Gasteiger partial charge in [-0.25, -0.2) is 4.79 Å². The molecule has 0 radical (unpaired) electrons. The molecule has 1 aromatic carbocycles. The van der Waals surface area contributed by atoms with E-state index in [1.54, 1.807) is 0 Å². The topological polar surface area (TPSA) is 44.4 Å². The van der Waals surface area contributed by atoms with Gasteiger partial charge in [-0.15, -0.1) is 0 Å². The lowest BCUT2D eigenvalue weighted by atomic mass is 10.0. The van der Waals surface area contributed by atoms with Gasteiger partial charge < -0.3 is 15.5 Å². The van der Waals surface area contributed by atoms with Crippen LogP contribution in [0.2, 0.25) is 0 Å². The lowest BCUT2D eigenvalue weighted by molar-refractivity contribution is 0.161. The van der Waals surface area contributed by atoms with E-state index in [-0.39, 0.29) is 6.03 Å². The van der Waals surface area contributed by atoms with Gasteiger partial charge in [0.2, 0.25) is 0 Å². The van der Waals surface area contributed by atoms with Gasteiger partial charge in [0.15, 0.2) is 0 Å². The van der Waals surface area contributed by atoms with E-state index in [0.29, 0.717) is 18.6 Å². The molecule has 2 rings (SSSR count). The zero-order valence-corrected chi connectivity index (χ0v) is 15.3. The fourth-order valence-corrected chi connectivity index (χ4v) is 3.49. The van der Waals surface area contributed by atoms with Crippen molar-refractivity contribution in [3.8, 4) is 0 Å². The summed E-state index contributed by atoms with van der Waals surface area (Å²) in [7, 11) is 0. The van der Waals surface area contributed by atoms with Crippen LogP contribution in [0.5, 0.6) is 0 Å². The molecule has 128 valence electrons. The van der Waals surface area contributed by atoms with E-state index in [1.807, 2.05) is 11.8 Å². The number of rotatable bonds is 6. The number of carbonyl (C=O) groups is 1. The molecule has 2 amide bonds. The van der Waals surface area contributed by atoms with Crippen LogP contribution in [0.4, 0.5) is 4.79 Å². The third-order valence-electron chi connectivity index (χ3n) is 4.35. The Labute approximate surface area is 144 Å². The minimum absolute atomic E-state index is 0.0525. The number of nitrogens with one attached hydrogen (secondary N) is 2. The summed E-state index contributed by atoms with van der Waals surface area (Å²) in [6, 6.07) is 9.25.